The predicted octanol–water partition coefficient (Wildman–Crippen LogP) is 4.60. The summed E-state index contributed by atoms with van der Waals surface area (Å²) < 4.78 is 24.3. The number of ether oxygens (including phenoxy) is 1. The van der Waals surface area contributed by atoms with Gasteiger partial charge in [-0.1, -0.05) is 18.2 Å². The average molecular weight is 349 g/mol. The van der Waals surface area contributed by atoms with Gasteiger partial charge in [-0.05, 0) is 34.1 Å². The van der Waals surface area contributed by atoms with E-state index in [-0.39, 0.29) is 12.4 Å². The summed E-state index contributed by atoms with van der Waals surface area (Å²) >= 11 is 3.06. The van der Waals surface area contributed by atoms with Crippen molar-refractivity contribution in [1.82, 2.24) is 0 Å². The van der Waals surface area contributed by atoms with Crippen LogP contribution in [-0.4, -0.2) is 12.4 Å². The molecule has 0 unspecified atom stereocenters. The second-order valence-electron chi connectivity index (χ2n) is 4.43. The highest BCUT2D eigenvalue weighted by molar-refractivity contribution is 9.10. The van der Waals surface area contributed by atoms with Gasteiger partial charge in [0.15, 0.2) is 6.61 Å². The van der Waals surface area contributed by atoms with Gasteiger partial charge in [0.1, 0.15) is 23.4 Å². The number of rotatable bonds is 4. The third-order valence-electron chi connectivity index (χ3n) is 3.04. The van der Waals surface area contributed by atoms with Crippen LogP contribution in [0.2, 0.25) is 0 Å². The summed E-state index contributed by atoms with van der Waals surface area (Å²) in [4.78, 5) is 12.2. The van der Waals surface area contributed by atoms with Crippen molar-refractivity contribution in [1.29, 1.82) is 0 Å². The van der Waals surface area contributed by atoms with E-state index in [9.17, 15) is 9.18 Å². The summed E-state index contributed by atoms with van der Waals surface area (Å²) in [6.45, 7) is -0.176. The molecule has 0 amide bonds. The Hall–Kier alpha value is -2.14. The van der Waals surface area contributed by atoms with E-state index in [1.165, 1.54) is 18.4 Å². The standard InChI is InChI=1S/C16H10BrFO3/c17-13-6-5-10(7-14(13)18)20-9-15(19)12-8-21-16-4-2-1-3-11(12)16/h1-8H,9H2. The lowest BCUT2D eigenvalue weighted by Crippen LogP contribution is -2.11. The Morgan fingerprint density at radius 1 is 1.24 bits per heavy atom. The van der Waals surface area contributed by atoms with E-state index in [4.69, 9.17) is 9.15 Å². The number of carbonyl (C=O) groups is 1. The van der Waals surface area contributed by atoms with Gasteiger partial charge in [-0.2, -0.15) is 0 Å². The van der Waals surface area contributed by atoms with Crippen molar-refractivity contribution in [3.05, 3.63) is 64.6 Å². The Bertz CT molecular complexity index is 810. The number of halogens is 2. The Morgan fingerprint density at radius 2 is 2.05 bits per heavy atom. The van der Waals surface area contributed by atoms with E-state index in [1.54, 1.807) is 12.1 Å². The van der Waals surface area contributed by atoms with Gasteiger partial charge in [-0.25, -0.2) is 4.39 Å². The minimum absolute atomic E-state index is 0.176. The Morgan fingerprint density at radius 3 is 2.86 bits per heavy atom. The molecular formula is C16H10BrFO3. The minimum Gasteiger partial charge on any atom is -0.485 e. The van der Waals surface area contributed by atoms with Crippen LogP contribution in [0.15, 0.2) is 57.6 Å². The Balaban J connectivity index is 1.76. The molecule has 0 aliphatic rings. The summed E-state index contributed by atoms with van der Waals surface area (Å²) in [5, 5.41) is 0.744. The molecule has 3 aromatic rings. The number of carbonyl (C=O) groups excluding carboxylic acids is 1. The molecule has 0 radical (unpaired) electrons. The summed E-state index contributed by atoms with van der Waals surface area (Å²) in [5.41, 5.74) is 1.11. The average Bonchev–Trinajstić information content (AvgIpc) is 2.92. The van der Waals surface area contributed by atoms with Gasteiger partial charge >= 0.3 is 0 Å². The molecule has 1 aromatic heterocycles. The van der Waals surface area contributed by atoms with Crippen LogP contribution in [0.1, 0.15) is 10.4 Å². The number of benzene rings is 2. The van der Waals surface area contributed by atoms with E-state index < -0.39 is 5.82 Å². The van der Waals surface area contributed by atoms with Crippen molar-refractivity contribution in [3.8, 4) is 5.75 Å². The second kappa shape index (κ2) is 5.69. The normalized spacial score (nSPS) is 10.8. The fourth-order valence-electron chi connectivity index (χ4n) is 1.99. The molecule has 5 heteroatoms. The lowest BCUT2D eigenvalue weighted by Gasteiger charge is -2.05. The van der Waals surface area contributed by atoms with Gasteiger partial charge in [0.05, 0.1) is 10.0 Å². The van der Waals surface area contributed by atoms with E-state index in [0.29, 0.717) is 21.4 Å². The number of Topliss-reactive ketones (excluding diaryl/α,β-unsaturated/α-hetero) is 1. The van der Waals surface area contributed by atoms with Gasteiger partial charge in [-0.3, -0.25) is 4.79 Å². The highest BCUT2D eigenvalue weighted by Crippen LogP contribution is 2.23. The smallest absolute Gasteiger partial charge is 0.204 e. The second-order valence-corrected chi connectivity index (χ2v) is 5.29. The maximum Gasteiger partial charge on any atom is 0.204 e. The Labute approximate surface area is 128 Å². The molecule has 0 fully saturated rings. The van der Waals surface area contributed by atoms with Gasteiger partial charge in [0.25, 0.3) is 0 Å². The predicted molar refractivity (Wildman–Crippen MR) is 80.1 cm³/mol. The van der Waals surface area contributed by atoms with Crippen LogP contribution in [-0.2, 0) is 0 Å². The van der Waals surface area contributed by atoms with E-state index in [2.05, 4.69) is 15.9 Å². The van der Waals surface area contributed by atoms with Crippen LogP contribution in [0.3, 0.4) is 0 Å². The lowest BCUT2D eigenvalue weighted by molar-refractivity contribution is 0.0922. The lowest BCUT2D eigenvalue weighted by atomic mass is 10.1. The summed E-state index contributed by atoms with van der Waals surface area (Å²) in [6.07, 6.45) is 1.42. The van der Waals surface area contributed by atoms with Gasteiger partial charge in [0, 0.05) is 11.5 Å². The number of ketones is 1. The number of furan rings is 1. The molecule has 0 aliphatic carbocycles. The molecule has 0 bridgehead atoms. The highest BCUT2D eigenvalue weighted by atomic mass is 79.9. The third-order valence-corrected chi connectivity index (χ3v) is 3.69. The van der Waals surface area contributed by atoms with Crippen LogP contribution in [0.5, 0.6) is 5.75 Å². The van der Waals surface area contributed by atoms with Crippen molar-refractivity contribution >= 4 is 32.7 Å². The first-order valence-electron chi connectivity index (χ1n) is 6.22. The topological polar surface area (TPSA) is 39.4 Å². The monoisotopic (exact) mass is 348 g/mol. The summed E-state index contributed by atoms with van der Waals surface area (Å²) in [6, 6.07) is 11.6. The van der Waals surface area contributed by atoms with Crippen LogP contribution >= 0.6 is 15.9 Å². The van der Waals surface area contributed by atoms with Crippen LogP contribution in [0.4, 0.5) is 4.39 Å². The molecule has 3 nitrogen and oxygen atoms in total. The van der Waals surface area contributed by atoms with Crippen molar-refractivity contribution < 1.29 is 18.3 Å². The fraction of sp³-hybridized carbons (Fsp3) is 0.0625. The zero-order valence-corrected chi connectivity index (χ0v) is 12.4. The molecule has 0 atom stereocenters. The molecule has 0 saturated carbocycles. The molecule has 0 spiro atoms. The fourth-order valence-corrected chi connectivity index (χ4v) is 2.23. The largest absolute Gasteiger partial charge is 0.485 e. The van der Waals surface area contributed by atoms with Crippen molar-refractivity contribution in [2.75, 3.05) is 6.61 Å². The van der Waals surface area contributed by atoms with E-state index in [1.807, 2.05) is 18.2 Å². The molecule has 3 rings (SSSR count). The Kier molecular flexibility index (Phi) is 3.75. The van der Waals surface area contributed by atoms with Crippen LogP contribution < -0.4 is 4.74 Å². The molecule has 0 aliphatic heterocycles. The van der Waals surface area contributed by atoms with Crippen molar-refractivity contribution in [2.45, 2.75) is 0 Å². The molecule has 2 aromatic carbocycles. The summed E-state index contributed by atoms with van der Waals surface area (Å²) in [7, 11) is 0. The molecule has 1 heterocycles. The van der Waals surface area contributed by atoms with Crippen LogP contribution in [0, 0.1) is 5.82 Å². The van der Waals surface area contributed by atoms with Gasteiger partial charge in [-0.15, -0.1) is 0 Å². The quantitative estimate of drug-likeness (QED) is 0.647. The maximum absolute atomic E-state index is 13.4. The SMILES string of the molecule is O=C(COc1ccc(Br)c(F)c1)c1coc2ccccc12. The van der Waals surface area contributed by atoms with Gasteiger partial charge < -0.3 is 9.15 Å². The number of hydrogen-bond donors (Lipinski definition) is 0. The van der Waals surface area contributed by atoms with Crippen LogP contribution in [0.25, 0.3) is 11.0 Å². The molecular weight excluding hydrogens is 339 g/mol. The summed E-state index contributed by atoms with van der Waals surface area (Å²) in [5.74, 6) is -0.353. The third kappa shape index (κ3) is 2.83. The number of fused-ring (bicyclic) bond motifs is 1. The zero-order chi connectivity index (χ0) is 14.8. The van der Waals surface area contributed by atoms with Crippen molar-refractivity contribution in [2.24, 2.45) is 0 Å². The number of hydrogen-bond acceptors (Lipinski definition) is 3. The molecule has 0 N–H and O–H groups in total. The highest BCUT2D eigenvalue weighted by Gasteiger charge is 2.14. The zero-order valence-electron chi connectivity index (χ0n) is 10.8. The first kappa shape index (κ1) is 13.8. The molecule has 106 valence electrons. The maximum atomic E-state index is 13.4. The number of para-hydroxylation sites is 1. The minimum atomic E-state index is -0.436. The van der Waals surface area contributed by atoms with E-state index >= 15 is 0 Å². The molecule has 0 saturated heterocycles. The molecule has 21 heavy (non-hydrogen) atoms. The van der Waals surface area contributed by atoms with Gasteiger partial charge in [0.2, 0.25) is 5.78 Å². The van der Waals surface area contributed by atoms with E-state index in [0.717, 1.165) is 5.39 Å². The first-order valence-corrected chi connectivity index (χ1v) is 7.02. The first-order chi connectivity index (χ1) is 10.1. The van der Waals surface area contributed by atoms with Crippen molar-refractivity contribution in [3.63, 3.8) is 0 Å².